The van der Waals surface area contributed by atoms with Crippen LogP contribution in [-0.2, 0) is 4.74 Å². The number of benzene rings is 1. The topological polar surface area (TPSA) is 69.4 Å². The summed E-state index contributed by atoms with van der Waals surface area (Å²) < 4.78 is 10.8. The van der Waals surface area contributed by atoms with Gasteiger partial charge in [-0.2, -0.15) is 0 Å². The molecule has 5 heteroatoms. The fourth-order valence-electron chi connectivity index (χ4n) is 2.14. The van der Waals surface area contributed by atoms with E-state index in [0.29, 0.717) is 13.2 Å². The van der Waals surface area contributed by atoms with Crippen LogP contribution >= 0.6 is 0 Å². The highest BCUT2D eigenvalue weighted by Crippen LogP contribution is 2.28. The lowest BCUT2D eigenvalue weighted by molar-refractivity contribution is 0.145. The highest BCUT2D eigenvalue weighted by Gasteiger charge is 2.18. The highest BCUT2D eigenvalue weighted by molar-refractivity contribution is 5.40. The maximum Gasteiger partial charge on any atom is 0.124 e. The van der Waals surface area contributed by atoms with Crippen molar-refractivity contribution in [1.29, 1.82) is 0 Å². The van der Waals surface area contributed by atoms with Gasteiger partial charge < -0.3 is 9.47 Å². The minimum absolute atomic E-state index is 0.219. The molecule has 0 saturated heterocycles. The summed E-state index contributed by atoms with van der Waals surface area (Å²) in [5.41, 5.74) is 5.77. The Morgan fingerprint density at radius 3 is 2.76 bits per heavy atom. The van der Waals surface area contributed by atoms with E-state index in [1.165, 1.54) is 0 Å². The van der Waals surface area contributed by atoms with Crippen LogP contribution in [0.5, 0.6) is 5.75 Å². The molecule has 0 amide bonds. The number of nitrogens with zero attached hydrogens (tertiary/aromatic N) is 1. The first-order chi connectivity index (χ1) is 10.3. The number of nitrogens with one attached hydrogen (secondary N) is 1. The van der Waals surface area contributed by atoms with Crippen LogP contribution in [0.25, 0.3) is 0 Å². The Morgan fingerprint density at radius 2 is 2.05 bits per heavy atom. The number of pyridine rings is 1. The first kappa shape index (κ1) is 15.4. The van der Waals surface area contributed by atoms with Gasteiger partial charge in [0.05, 0.1) is 18.3 Å². The first-order valence-electron chi connectivity index (χ1n) is 6.85. The monoisotopic (exact) mass is 287 g/mol. The highest BCUT2D eigenvalue weighted by atomic mass is 16.5. The van der Waals surface area contributed by atoms with E-state index in [-0.39, 0.29) is 6.04 Å². The molecule has 1 aromatic heterocycles. The Morgan fingerprint density at radius 1 is 1.24 bits per heavy atom. The zero-order valence-electron chi connectivity index (χ0n) is 12.4. The van der Waals surface area contributed by atoms with Gasteiger partial charge >= 0.3 is 0 Å². The quantitative estimate of drug-likeness (QED) is 0.463. The molecular formula is C16H21N3O2. The van der Waals surface area contributed by atoms with Crippen LogP contribution < -0.4 is 16.0 Å². The van der Waals surface area contributed by atoms with E-state index in [9.17, 15) is 0 Å². The summed E-state index contributed by atoms with van der Waals surface area (Å²) >= 11 is 0. The molecule has 0 fully saturated rings. The number of hydrogen-bond donors (Lipinski definition) is 2. The third-order valence-corrected chi connectivity index (χ3v) is 3.17. The summed E-state index contributed by atoms with van der Waals surface area (Å²) in [7, 11) is 1.65. The molecule has 1 atom stereocenters. The van der Waals surface area contributed by atoms with Gasteiger partial charge in [0.2, 0.25) is 0 Å². The van der Waals surface area contributed by atoms with Gasteiger partial charge in [0, 0.05) is 18.9 Å². The van der Waals surface area contributed by atoms with Gasteiger partial charge in [-0.3, -0.25) is 10.8 Å². The van der Waals surface area contributed by atoms with Gasteiger partial charge in [0.15, 0.2) is 0 Å². The summed E-state index contributed by atoms with van der Waals surface area (Å²) in [6.45, 7) is 3.06. The first-order valence-corrected chi connectivity index (χ1v) is 6.85. The molecule has 5 nitrogen and oxygen atoms in total. The summed E-state index contributed by atoms with van der Waals surface area (Å²) in [6, 6.07) is 11.5. The molecule has 0 spiro atoms. The van der Waals surface area contributed by atoms with E-state index in [2.05, 4.69) is 10.4 Å². The second-order valence-corrected chi connectivity index (χ2v) is 4.74. The van der Waals surface area contributed by atoms with Crippen LogP contribution in [0.1, 0.15) is 22.9 Å². The van der Waals surface area contributed by atoms with E-state index >= 15 is 0 Å². The molecule has 0 aliphatic rings. The van der Waals surface area contributed by atoms with Crippen molar-refractivity contribution in [1.82, 2.24) is 10.4 Å². The summed E-state index contributed by atoms with van der Waals surface area (Å²) in [5, 5.41) is 0. The van der Waals surface area contributed by atoms with E-state index in [0.717, 1.165) is 22.6 Å². The second kappa shape index (κ2) is 7.73. The Labute approximate surface area is 125 Å². The van der Waals surface area contributed by atoms with Crippen LogP contribution in [0.15, 0.2) is 42.6 Å². The summed E-state index contributed by atoms with van der Waals surface area (Å²) in [4.78, 5) is 4.40. The van der Waals surface area contributed by atoms with Crippen molar-refractivity contribution >= 4 is 0 Å². The molecular weight excluding hydrogens is 266 g/mol. The maximum atomic E-state index is 5.76. The van der Waals surface area contributed by atoms with Crippen molar-refractivity contribution in [3.63, 3.8) is 0 Å². The van der Waals surface area contributed by atoms with E-state index in [4.69, 9.17) is 15.3 Å². The third-order valence-electron chi connectivity index (χ3n) is 3.17. The predicted octanol–water partition coefficient (Wildman–Crippen LogP) is 1.97. The average molecular weight is 287 g/mol. The van der Waals surface area contributed by atoms with Gasteiger partial charge in [-0.05, 0) is 30.7 Å². The molecule has 21 heavy (non-hydrogen) atoms. The van der Waals surface area contributed by atoms with Crippen LogP contribution in [-0.4, -0.2) is 25.3 Å². The third kappa shape index (κ3) is 4.01. The number of ether oxygens (including phenoxy) is 2. The van der Waals surface area contributed by atoms with Gasteiger partial charge in [-0.1, -0.05) is 18.2 Å². The maximum absolute atomic E-state index is 5.76. The average Bonchev–Trinajstić information content (AvgIpc) is 2.50. The number of aromatic nitrogens is 1. The molecule has 0 radical (unpaired) electrons. The zero-order chi connectivity index (χ0) is 15.1. The van der Waals surface area contributed by atoms with E-state index in [1.54, 1.807) is 13.3 Å². The summed E-state index contributed by atoms with van der Waals surface area (Å²) in [5.74, 6) is 6.52. The minimum atomic E-state index is -0.219. The Bertz CT molecular complexity index is 575. The number of hydrazine groups is 1. The number of aryl methyl sites for hydroxylation is 1. The molecule has 3 N–H and O–H groups in total. The van der Waals surface area contributed by atoms with Gasteiger partial charge in [0.25, 0.3) is 0 Å². The molecule has 0 aliphatic carbocycles. The largest absolute Gasteiger partial charge is 0.491 e. The number of para-hydroxylation sites is 1. The van der Waals surface area contributed by atoms with Crippen molar-refractivity contribution in [2.24, 2.45) is 5.84 Å². The zero-order valence-corrected chi connectivity index (χ0v) is 12.4. The van der Waals surface area contributed by atoms with E-state index in [1.807, 2.05) is 43.3 Å². The molecule has 112 valence electrons. The molecule has 2 aromatic rings. The molecule has 1 heterocycles. The van der Waals surface area contributed by atoms with Crippen molar-refractivity contribution in [2.75, 3.05) is 20.3 Å². The van der Waals surface area contributed by atoms with Crippen molar-refractivity contribution in [3.05, 3.63) is 59.4 Å². The summed E-state index contributed by atoms with van der Waals surface area (Å²) in [6.07, 6.45) is 1.78. The van der Waals surface area contributed by atoms with Crippen LogP contribution in [0, 0.1) is 6.92 Å². The lowest BCUT2D eigenvalue weighted by atomic mass is 10.0. The minimum Gasteiger partial charge on any atom is -0.491 e. The molecule has 0 aliphatic heterocycles. The molecule has 1 unspecified atom stereocenters. The van der Waals surface area contributed by atoms with Crippen molar-refractivity contribution in [2.45, 2.75) is 13.0 Å². The number of rotatable bonds is 7. The molecule has 2 rings (SSSR count). The number of hydrogen-bond acceptors (Lipinski definition) is 5. The molecule has 0 saturated carbocycles. The van der Waals surface area contributed by atoms with Crippen LogP contribution in [0.2, 0.25) is 0 Å². The van der Waals surface area contributed by atoms with E-state index < -0.39 is 0 Å². The Hall–Kier alpha value is -1.95. The fraction of sp³-hybridized carbons (Fsp3) is 0.312. The van der Waals surface area contributed by atoms with Gasteiger partial charge in [0.1, 0.15) is 12.4 Å². The lowest BCUT2D eigenvalue weighted by Gasteiger charge is -2.19. The van der Waals surface area contributed by atoms with Gasteiger partial charge in [-0.25, -0.2) is 5.43 Å². The second-order valence-electron chi connectivity index (χ2n) is 4.74. The lowest BCUT2D eigenvalue weighted by Crippen LogP contribution is -2.30. The molecule has 0 bridgehead atoms. The van der Waals surface area contributed by atoms with Crippen LogP contribution in [0.3, 0.4) is 0 Å². The predicted molar refractivity (Wildman–Crippen MR) is 82.0 cm³/mol. The fourth-order valence-corrected chi connectivity index (χ4v) is 2.14. The number of nitrogens with two attached hydrogens (primary N) is 1. The van der Waals surface area contributed by atoms with Crippen LogP contribution in [0.4, 0.5) is 0 Å². The normalized spacial score (nSPS) is 12.1. The SMILES string of the molecule is COCCOc1ccccc1C(NN)c1cc(C)ccn1. The van der Waals surface area contributed by atoms with Gasteiger partial charge in [-0.15, -0.1) is 0 Å². The Kier molecular flexibility index (Phi) is 5.68. The smallest absolute Gasteiger partial charge is 0.124 e. The van der Waals surface area contributed by atoms with Crippen molar-refractivity contribution < 1.29 is 9.47 Å². The van der Waals surface area contributed by atoms with Crippen molar-refractivity contribution in [3.8, 4) is 5.75 Å². The standard InChI is InChI=1S/C16H21N3O2/c1-12-7-8-18-14(11-12)16(19-17)13-5-3-4-6-15(13)21-10-9-20-2/h3-8,11,16,19H,9-10,17H2,1-2H3. The Balaban J connectivity index is 2.29. The number of methoxy groups -OCH3 is 1. The molecule has 1 aromatic carbocycles.